The second-order valence-corrected chi connectivity index (χ2v) is 9.62. The number of carbonyl (C=O) groups excluding carboxylic acids is 3. The highest BCUT2D eigenvalue weighted by Crippen LogP contribution is 2.26. The van der Waals surface area contributed by atoms with E-state index in [1.165, 1.54) is 36.4 Å². The van der Waals surface area contributed by atoms with E-state index in [0.717, 1.165) is 11.8 Å². The van der Waals surface area contributed by atoms with E-state index in [-0.39, 0.29) is 15.7 Å². The summed E-state index contributed by atoms with van der Waals surface area (Å²) in [5.74, 6) is -0.845. The van der Waals surface area contributed by atoms with Crippen LogP contribution >= 0.6 is 11.8 Å². The lowest BCUT2D eigenvalue weighted by molar-refractivity contribution is -0.115. The van der Waals surface area contributed by atoms with Crippen molar-refractivity contribution in [2.75, 3.05) is 10.0 Å². The van der Waals surface area contributed by atoms with Gasteiger partial charge in [0.1, 0.15) is 0 Å². The van der Waals surface area contributed by atoms with Crippen LogP contribution in [0.3, 0.4) is 0 Å². The molecule has 8 nitrogen and oxygen atoms in total. The highest BCUT2D eigenvalue weighted by atomic mass is 32.2. The van der Waals surface area contributed by atoms with E-state index < -0.39 is 21.2 Å². The van der Waals surface area contributed by atoms with Crippen LogP contribution in [0, 0.1) is 0 Å². The summed E-state index contributed by atoms with van der Waals surface area (Å²) < 4.78 is 27.3. The predicted octanol–water partition coefficient (Wildman–Crippen LogP) is 4.06. The maximum Gasteiger partial charge on any atom is 0.290 e. The molecule has 3 amide bonds. The average molecular weight is 480 g/mol. The van der Waals surface area contributed by atoms with Gasteiger partial charge in [-0.25, -0.2) is 8.42 Å². The maximum atomic E-state index is 12.6. The van der Waals surface area contributed by atoms with Crippen molar-refractivity contribution in [2.24, 2.45) is 0 Å². The molecule has 0 unspecified atom stereocenters. The molecule has 0 radical (unpaired) electrons. The molecular formula is C23H17N3O5S2. The van der Waals surface area contributed by atoms with Crippen LogP contribution in [-0.4, -0.2) is 25.5 Å². The van der Waals surface area contributed by atoms with Crippen LogP contribution in [0.4, 0.5) is 16.2 Å². The van der Waals surface area contributed by atoms with E-state index in [9.17, 15) is 22.8 Å². The topological polar surface area (TPSA) is 121 Å². The summed E-state index contributed by atoms with van der Waals surface area (Å²) in [6, 6.07) is 20.8. The zero-order valence-electron chi connectivity index (χ0n) is 16.9. The summed E-state index contributed by atoms with van der Waals surface area (Å²) in [6.07, 6.45) is 1.56. The monoisotopic (exact) mass is 479 g/mol. The lowest BCUT2D eigenvalue weighted by atomic mass is 10.1. The largest absolute Gasteiger partial charge is 0.322 e. The fourth-order valence-corrected chi connectivity index (χ4v) is 4.75. The molecule has 0 aliphatic carbocycles. The maximum absolute atomic E-state index is 12.6. The second-order valence-electron chi connectivity index (χ2n) is 6.93. The number of hydrogen-bond acceptors (Lipinski definition) is 6. The quantitative estimate of drug-likeness (QED) is 0.459. The molecule has 33 heavy (non-hydrogen) atoms. The lowest BCUT2D eigenvalue weighted by Gasteiger charge is -2.09. The first-order valence-corrected chi connectivity index (χ1v) is 11.9. The van der Waals surface area contributed by atoms with Gasteiger partial charge in [0, 0.05) is 16.9 Å². The van der Waals surface area contributed by atoms with Gasteiger partial charge in [-0.3, -0.25) is 24.4 Å². The zero-order valence-corrected chi connectivity index (χ0v) is 18.6. The van der Waals surface area contributed by atoms with Crippen molar-refractivity contribution in [1.29, 1.82) is 0 Å². The number of anilines is 2. The Hall–Kier alpha value is -3.89. The molecule has 1 saturated heterocycles. The van der Waals surface area contributed by atoms with Crippen LogP contribution in [-0.2, 0) is 14.8 Å². The number of sulfonamides is 1. The molecule has 166 valence electrons. The third-order valence-electron chi connectivity index (χ3n) is 4.54. The predicted molar refractivity (Wildman–Crippen MR) is 127 cm³/mol. The van der Waals surface area contributed by atoms with Crippen molar-refractivity contribution in [1.82, 2.24) is 5.32 Å². The lowest BCUT2D eigenvalue weighted by Crippen LogP contribution is -2.17. The van der Waals surface area contributed by atoms with Gasteiger partial charge in [-0.1, -0.05) is 30.3 Å². The van der Waals surface area contributed by atoms with E-state index in [1.807, 2.05) is 0 Å². The van der Waals surface area contributed by atoms with Crippen molar-refractivity contribution < 1.29 is 22.8 Å². The van der Waals surface area contributed by atoms with Gasteiger partial charge in [-0.2, -0.15) is 0 Å². The molecule has 1 fully saturated rings. The van der Waals surface area contributed by atoms with E-state index in [2.05, 4.69) is 15.4 Å². The molecular weight excluding hydrogens is 462 g/mol. The number of amides is 3. The SMILES string of the molecule is O=C1NC(=O)/C(=C\c2cccc(NC(=O)c3ccc(NS(=O)(=O)c4ccccc4)cc3)c2)S1. The molecule has 1 heterocycles. The van der Waals surface area contributed by atoms with Gasteiger partial charge in [0.15, 0.2) is 0 Å². The summed E-state index contributed by atoms with van der Waals surface area (Å²) in [5, 5.41) is 4.52. The number of hydrogen-bond donors (Lipinski definition) is 3. The second kappa shape index (κ2) is 9.31. The molecule has 10 heteroatoms. The molecule has 0 atom stereocenters. The Balaban J connectivity index is 1.44. The average Bonchev–Trinajstić information content (AvgIpc) is 3.11. The Labute approximate surface area is 194 Å². The van der Waals surface area contributed by atoms with Crippen molar-refractivity contribution in [3.63, 3.8) is 0 Å². The molecule has 0 aromatic heterocycles. The highest BCUT2D eigenvalue weighted by molar-refractivity contribution is 8.18. The Kier molecular flexibility index (Phi) is 6.29. The first-order chi connectivity index (χ1) is 15.8. The van der Waals surface area contributed by atoms with Gasteiger partial charge < -0.3 is 5.32 Å². The number of carbonyl (C=O) groups is 3. The van der Waals surface area contributed by atoms with Gasteiger partial charge in [-0.15, -0.1) is 0 Å². The van der Waals surface area contributed by atoms with Crippen LogP contribution in [0.5, 0.6) is 0 Å². The first-order valence-electron chi connectivity index (χ1n) is 9.64. The van der Waals surface area contributed by atoms with Crippen LogP contribution in [0.25, 0.3) is 6.08 Å². The normalized spacial score (nSPS) is 14.7. The fourth-order valence-electron chi connectivity index (χ4n) is 2.99. The summed E-state index contributed by atoms with van der Waals surface area (Å²) in [7, 11) is -3.72. The summed E-state index contributed by atoms with van der Waals surface area (Å²) in [5.41, 5.74) is 1.80. The Morgan fingerprint density at radius 1 is 0.879 bits per heavy atom. The molecule has 0 saturated carbocycles. The molecule has 3 aromatic carbocycles. The minimum atomic E-state index is -3.72. The van der Waals surface area contributed by atoms with Crippen molar-refractivity contribution in [3.05, 3.63) is 94.9 Å². The summed E-state index contributed by atoms with van der Waals surface area (Å²) >= 11 is 0.814. The van der Waals surface area contributed by atoms with Crippen molar-refractivity contribution in [2.45, 2.75) is 4.90 Å². The number of benzene rings is 3. The summed E-state index contributed by atoms with van der Waals surface area (Å²) in [4.78, 5) is 36.0. The number of rotatable bonds is 6. The number of thioether (sulfide) groups is 1. The molecule has 3 N–H and O–H groups in total. The third-order valence-corrected chi connectivity index (χ3v) is 6.74. The van der Waals surface area contributed by atoms with Gasteiger partial charge in [0.2, 0.25) is 0 Å². The van der Waals surface area contributed by atoms with Crippen LogP contribution in [0.1, 0.15) is 15.9 Å². The number of imide groups is 1. The van der Waals surface area contributed by atoms with Crippen molar-refractivity contribution in [3.8, 4) is 0 Å². The Morgan fingerprint density at radius 3 is 2.27 bits per heavy atom. The van der Waals surface area contributed by atoms with Gasteiger partial charge >= 0.3 is 0 Å². The molecule has 4 rings (SSSR count). The number of nitrogens with one attached hydrogen (secondary N) is 3. The summed E-state index contributed by atoms with van der Waals surface area (Å²) in [6.45, 7) is 0. The van der Waals surface area contributed by atoms with E-state index in [4.69, 9.17) is 0 Å². The van der Waals surface area contributed by atoms with Crippen LogP contribution < -0.4 is 15.4 Å². The van der Waals surface area contributed by atoms with Crippen LogP contribution in [0.15, 0.2) is 88.7 Å². The molecule has 0 bridgehead atoms. The van der Waals surface area contributed by atoms with Crippen molar-refractivity contribution >= 4 is 56.3 Å². The fraction of sp³-hybridized carbons (Fsp3) is 0. The third kappa shape index (κ3) is 5.48. The minimum Gasteiger partial charge on any atom is -0.322 e. The zero-order chi connectivity index (χ0) is 23.4. The smallest absolute Gasteiger partial charge is 0.290 e. The van der Waals surface area contributed by atoms with Gasteiger partial charge in [0.05, 0.1) is 9.80 Å². The minimum absolute atomic E-state index is 0.138. The Morgan fingerprint density at radius 2 is 1.61 bits per heavy atom. The molecule has 3 aromatic rings. The van der Waals surface area contributed by atoms with Gasteiger partial charge in [0.25, 0.3) is 27.1 Å². The molecule has 1 aliphatic rings. The molecule has 1 aliphatic heterocycles. The van der Waals surface area contributed by atoms with Gasteiger partial charge in [-0.05, 0) is 71.9 Å². The van der Waals surface area contributed by atoms with E-state index in [1.54, 1.807) is 48.5 Å². The highest BCUT2D eigenvalue weighted by Gasteiger charge is 2.24. The first kappa shape index (κ1) is 22.3. The standard InChI is InChI=1S/C23H17N3O5S2/c27-21(24-18-6-4-5-15(13-18)14-20-22(28)25-23(29)32-20)16-9-11-17(12-10-16)26-33(30,31)19-7-2-1-3-8-19/h1-14,26H,(H,24,27)(H,25,28,29)/b20-14+. The van der Waals surface area contributed by atoms with E-state index >= 15 is 0 Å². The van der Waals surface area contributed by atoms with Crippen LogP contribution in [0.2, 0.25) is 0 Å². The van der Waals surface area contributed by atoms with E-state index in [0.29, 0.717) is 22.5 Å². The Bertz CT molecular complexity index is 1370. The molecule has 0 spiro atoms.